The van der Waals surface area contributed by atoms with Crippen molar-refractivity contribution in [1.29, 1.82) is 0 Å². The predicted molar refractivity (Wildman–Crippen MR) is 128 cm³/mol. The van der Waals surface area contributed by atoms with Gasteiger partial charge in [-0.15, -0.1) is 10.2 Å². The molecule has 3 rings (SSSR count). The van der Waals surface area contributed by atoms with E-state index in [2.05, 4.69) is 33.8 Å². The van der Waals surface area contributed by atoms with Gasteiger partial charge in [-0.05, 0) is 49.8 Å². The highest BCUT2D eigenvalue weighted by atomic mass is 19.1. The zero-order valence-electron chi connectivity index (χ0n) is 19.6. The monoisotopic (exact) mass is 463 g/mol. The first kappa shape index (κ1) is 24.7. The molecule has 8 heteroatoms. The summed E-state index contributed by atoms with van der Waals surface area (Å²) in [5.74, 6) is -1.04. The van der Waals surface area contributed by atoms with E-state index < -0.39 is 17.2 Å². The third-order valence-corrected chi connectivity index (χ3v) is 5.55. The van der Waals surface area contributed by atoms with Crippen LogP contribution < -0.4 is 0 Å². The van der Waals surface area contributed by atoms with Crippen LogP contribution in [0.15, 0.2) is 90.3 Å². The summed E-state index contributed by atoms with van der Waals surface area (Å²) >= 11 is 0. The predicted octanol–water partition coefficient (Wildman–Crippen LogP) is 5.11. The molecule has 0 unspecified atom stereocenters. The maximum atomic E-state index is 15.0. The molecule has 0 aliphatic rings. The van der Waals surface area contributed by atoms with Gasteiger partial charge in [-0.25, -0.2) is 8.78 Å². The smallest absolute Gasteiger partial charge is 0.204 e. The van der Waals surface area contributed by atoms with Gasteiger partial charge < -0.3 is 10.0 Å². The van der Waals surface area contributed by atoms with Gasteiger partial charge in [0.2, 0.25) is 5.82 Å². The highest BCUT2D eigenvalue weighted by Crippen LogP contribution is 2.41. The van der Waals surface area contributed by atoms with Crippen molar-refractivity contribution in [3.05, 3.63) is 119 Å². The average Bonchev–Trinajstić information content (AvgIpc) is 3.33. The van der Waals surface area contributed by atoms with E-state index in [9.17, 15) is 13.9 Å². The summed E-state index contributed by atoms with van der Waals surface area (Å²) in [7, 11) is 1.67. The molecule has 176 valence electrons. The Morgan fingerprint density at radius 2 is 1.53 bits per heavy atom. The molecule has 0 saturated heterocycles. The maximum Gasteiger partial charge on any atom is 0.204 e. The van der Waals surface area contributed by atoms with Crippen LogP contribution in [0.4, 0.5) is 8.78 Å². The maximum absolute atomic E-state index is 15.0. The van der Waals surface area contributed by atoms with Crippen LogP contribution >= 0.6 is 0 Å². The molecule has 6 nitrogen and oxygen atoms in total. The Hall–Kier alpha value is -3.91. The van der Waals surface area contributed by atoms with Crippen LogP contribution in [-0.2, 0) is 5.60 Å². The van der Waals surface area contributed by atoms with Crippen molar-refractivity contribution in [3.63, 3.8) is 0 Å². The number of halogens is 2. The Labute approximate surface area is 197 Å². The lowest BCUT2D eigenvalue weighted by Crippen LogP contribution is -2.38. The number of allylic oxidation sites excluding steroid dienone is 4. The van der Waals surface area contributed by atoms with Crippen LogP contribution in [0.3, 0.4) is 0 Å². The quantitative estimate of drug-likeness (QED) is 0.454. The van der Waals surface area contributed by atoms with Gasteiger partial charge in [0, 0.05) is 29.4 Å². The van der Waals surface area contributed by atoms with E-state index in [1.807, 2.05) is 13.8 Å². The lowest BCUT2D eigenvalue weighted by atomic mass is 9.82. The topological polar surface area (TPSA) is 77.9 Å². The molecule has 2 N–H and O–H groups in total. The standard InChI is InChI=1S/C26H27F2N5O/c1-16(2)19(25-29-31-32-30-25)15-24(17(3)4)33(6)18(5)26(34,20-11-7-9-13-22(20)27)21-12-8-10-14-23(21)28/h7-15,34H,1,5H2,2-4,6H3,(H,29,30,31,32)/b19-15+. The number of aliphatic hydroxyl groups is 1. The SMILES string of the molecule is C=C(C)/C(=C\C(=C(C)C)N(C)C(=C)C(O)(c1ccccc1F)c1ccccc1F)c1nn[nH]n1. The Balaban J connectivity index is 2.20. The molecule has 1 heterocycles. The first-order valence-electron chi connectivity index (χ1n) is 10.5. The fraction of sp³-hybridized carbons (Fsp3) is 0.192. The number of nitrogens with zero attached hydrogens (tertiary/aromatic N) is 4. The van der Waals surface area contributed by atoms with Gasteiger partial charge in [-0.2, -0.15) is 5.21 Å². The number of H-pyrrole nitrogens is 1. The largest absolute Gasteiger partial charge is 0.374 e. The fourth-order valence-corrected chi connectivity index (χ4v) is 3.72. The van der Waals surface area contributed by atoms with Gasteiger partial charge in [-0.1, -0.05) is 55.1 Å². The number of hydrogen-bond acceptors (Lipinski definition) is 5. The highest BCUT2D eigenvalue weighted by Gasteiger charge is 2.41. The van der Waals surface area contributed by atoms with Crippen LogP contribution in [0.5, 0.6) is 0 Å². The first-order valence-corrected chi connectivity index (χ1v) is 10.5. The molecule has 0 aliphatic heterocycles. The van der Waals surface area contributed by atoms with Crippen molar-refractivity contribution in [2.24, 2.45) is 0 Å². The van der Waals surface area contributed by atoms with Crippen molar-refractivity contribution in [2.45, 2.75) is 26.4 Å². The first-order chi connectivity index (χ1) is 16.1. The second-order valence-electron chi connectivity index (χ2n) is 8.13. The molecule has 0 atom stereocenters. The Bertz CT molecular complexity index is 1230. The third kappa shape index (κ3) is 4.58. The van der Waals surface area contributed by atoms with Gasteiger partial charge in [0.1, 0.15) is 11.6 Å². The molecule has 1 aromatic heterocycles. The van der Waals surface area contributed by atoms with E-state index in [0.29, 0.717) is 22.7 Å². The molecule has 34 heavy (non-hydrogen) atoms. The van der Waals surface area contributed by atoms with Crippen LogP contribution in [-0.4, -0.2) is 37.7 Å². The van der Waals surface area contributed by atoms with Crippen LogP contribution in [0.2, 0.25) is 0 Å². The molecule has 0 fully saturated rings. The molecule has 0 saturated carbocycles. The van der Waals surface area contributed by atoms with E-state index in [4.69, 9.17) is 0 Å². The van der Waals surface area contributed by atoms with Gasteiger partial charge in [0.25, 0.3) is 0 Å². The molecular weight excluding hydrogens is 436 g/mol. The minimum atomic E-state index is -2.20. The van der Waals surface area contributed by atoms with E-state index in [1.165, 1.54) is 36.4 Å². The summed E-state index contributed by atoms with van der Waals surface area (Å²) in [4.78, 5) is 1.59. The average molecular weight is 464 g/mol. The Morgan fingerprint density at radius 1 is 1.00 bits per heavy atom. The van der Waals surface area contributed by atoms with Crippen LogP contribution in [0, 0.1) is 11.6 Å². The molecular formula is C26H27F2N5O. The summed E-state index contributed by atoms with van der Waals surface area (Å²) in [5, 5.41) is 26.1. The summed E-state index contributed by atoms with van der Waals surface area (Å²) in [6.07, 6.45) is 1.77. The number of benzene rings is 2. The van der Waals surface area contributed by atoms with Gasteiger partial charge in [0.15, 0.2) is 5.60 Å². The fourth-order valence-electron chi connectivity index (χ4n) is 3.72. The van der Waals surface area contributed by atoms with Crippen molar-refractivity contribution in [2.75, 3.05) is 7.05 Å². The van der Waals surface area contributed by atoms with Crippen molar-refractivity contribution >= 4 is 5.57 Å². The number of tetrazole rings is 1. The summed E-state index contributed by atoms with van der Waals surface area (Å²) < 4.78 is 30.0. The minimum Gasteiger partial charge on any atom is -0.374 e. The van der Waals surface area contributed by atoms with Crippen molar-refractivity contribution in [1.82, 2.24) is 25.5 Å². The number of aromatic nitrogens is 4. The minimum absolute atomic E-state index is 0.0457. The Morgan fingerprint density at radius 3 is 1.94 bits per heavy atom. The second-order valence-corrected chi connectivity index (χ2v) is 8.13. The lowest BCUT2D eigenvalue weighted by molar-refractivity contribution is 0.0883. The molecule has 0 bridgehead atoms. The molecule has 3 aromatic rings. The van der Waals surface area contributed by atoms with Crippen molar-refractivity contribution < 1.29 is 13.9 Å². The number of hydrogen-bond donors (Lipinski definition) is 2. The second kappa shape index (κ2) is 9.93. The summed E-state index contributed by atoms with van der Waals surface area (Å²) in [5.41, 5.74) is 0.343. The zero-order valence-corrected chi connectivity index (χ0v) is 19.6. The molecule has 0 radical (unpaired) electrons. The van der Waals surface area contributed by atoms with Gasteiger partial charge in [0.05, 0.1) is 5.70 Å². The number of nitrogens with one attached hydrogen (secondary N) is 1. The normalized spacial score (nSPS) is 11.8. The van der Waals surface area contributed by atoms with Crippen molar-refractivity contribution in [3.8, 4) is 0 Å². The number of rotatable bonds is 8. The summed E-state index contributed by atoms with van der Waals surface area (Å²) in [6, 6.07) is 11.4. The lowest BCUT2D eigenvalue weighted by Gasteiger charge is -2.38. The summed E-state index contributed by atoms with van der Waals surface area (Å²) in [6.45, 7) is 13.6. The van der Waals surface area contributed by atoms with E-state index in [1.54, 1.807) is 37.1 Å². The zero-order chi connectivity index (χ0) is 25.0. The molecule has 0 spiro atoms. The highest BCUT2D eigenvalue weighted by molar-refractivity contribution is 5.75. The van der Waals surface area contributed by atoms with Crippen LogP contribution in [0.25, 0.3) is 5.57 Å². The van der Waals surface area contributed by atoms with Gasteiger partial charge >= 0.3 is 0 Å². The van der Waals surface area contributed by atoms with E-state index in [0.717, 1.165) is 5.57 Å². The third-order valence-electron chi connectivity index (χ3n) is 5.55. The number of likely N-dealkylation sites (N-methyl/N-ethyl adjacent to an activating group) is 1. The molecule has 0 amide bonds. The van der Waals surface area contributed by atoms with Gasteiger partial charge in [-0.3, -0.25) is 0 Å². The Kier molecular flexibility index (Phi) is 7.22. The van der Waals surface area contributed by atoms with E-state index in [-0.39, 0.29) is 16.8 Å². The molecule has 0 aliphatic carbocycles. The van der Waals surface area contributed by atoms with E-state index >= 15 is 0 Å². The number of aromatic amines is 1. The molecule has 2 aromatic carbocycles. The van der Waals surface area contributed by atoms with Crippen LogP contribution in [0.1, 0.15) is 37.7 Å².